The first-order chi connectivity index (χ1) is 5.56. The minimum atomic E-state index is -3.01. The number of rotatable bonds is 2. The Morgan fingerprint density at radius 2 is 2.25 bits per heavy atom. The summed E-state index contributed by atoms with van der Waals surface area (Å²) in [6.45, 7) is 0. The van der Waals surface area contributed by atoms with Gasteiger partial charge in [-0.2, -0.15) is 0 Å². The lowest BCUT2D eigenvalue weighted by Crippen LogP contribution is -2.34. The van der Waals surface area contributed by atoms with Gasteiger partial charge in [-0.05, 0) is 12.8 Å². The van der Waals surface area contributed by atoms with Crippen molar-refractivity contribution in [1.82, 2.24) is 5.43 Å². The van der Waals surface area contributed by atoms with Crippen LogP contribution in [0.2, 0.25) is 0 Å². The zero-order valence-corrected chi connectivity index (χ0v) is 7.43. The number of hydrogen-bond acceptors (Lipinski definition) is 4. The lowest BCUT2D eigenvalue weighted by Gasteiger charge is -2.06. The first kappa shape index (κ1) is 9.47. The van der Waals surface area contributed by atoms with Gasteiger partial charge in [-0.1, -0.05) is 0 Å². The lowest BCUT2D eigenvalue weighted by molar-refractivity contribution is -0.121. The Hall–Kier alpha value is -0.620. The number of nitrogens with one attached hydrogen (secondary N) is 1. The monoisotopic (exact) mass is 192 g/mol. The van der Waals surface area contributed by atoms with Crippen LogP contribution in [0.5, 0.6) is 0 Å². The maximum Gasteiger partial charge on any atom is 0.235 e. The van der Waals surface area contributed by atoms with Gasteiger partial charge in [0.1, 0.15) is 0 Å². The maximum atomic E-state index is 11.2. The molecule has 3 N–H and O–H groups in total. The summed E-state index contributed by atoms with van der Waals surface area (Å²) in [5, 5.41) is -0.513. The van der Waals surface area contributed by atoms with Crippen LogP contribution < -0.4 is 11.3 Å². The van der Waals surface area contributed by atoms with Crippen molar-refractivity contribution >= 4 is 15.7 Å². The molecule has 0 aromatic rings. The molecule has 5 nitrogen and oxygen atoms in total. The molecular formula is C6H12N2O3S. The van der Waals surface area contributed by atoms with Crippen molar-refractivity contribution in [2.75, 3.05) is 5.75 Å². The summed E-state index contributed by atoms with van der Waals surface area (Å²) in [6, 6.07) is 0. The van der Waals surface area contributed by atoms with Crippen molar-refractivity contribution in [3.05, 3.63) is 0 Å². The molecule has 70 valence electrons. The van der Waals surface area contributed by atoms with Crippen LogP contribution in [0.25, 0.3) is 0 Å². The minimum Gasteiger partial charge on any atom is -0.294 e. The van der Waals surface area contributed by atoms with Crippen LogP contribution in [0.1, 0.15) is 19.3 Å². The van der Waals surface area contributed by atoms with Crippen LogP contribution in [0.15, 0.2) is 0 Å². The van der Waals surface area contributed by atoms with Gasteiger partial charge in [0, 0.05) is 6.42 Å². The molecular weight excluding hydrogens is 180 g/mol. The van der Waals surface area contributed by atoms with Crippen LogP contribution in [0, 0.1) is 0 Å². The Balaban J connectivity index is 2.59. The molecule has 0 aliphatic carbocycles. The number of hydrogen-bond donors (Lipinski definition) is 2. The highest BCUT2D eigenvalue weighted by molar-refractivity contribution is 7.92. The third-order valence-electron chi connectivity index (χ3n) is 2.04. The quantitative estimate of drug-likeness (QED) is 0.331. The normalized spacial score (nSPS) is 26.9. The van der Waals surface area contributed by atoms with Gasteiger partial charge in [0.05, 0.1) is 11.0 Å². The van der Waals surface area contributed by atoms with Gasteiger partial charge >= 0.3 is 0 Å². The first-order valence-corrected chi connectivity index (χ1v) is 5.49. The largest absolute Gasteiger partial charge is 0.294 e. The summed E-state index contributed by atoms with van der Waals surface area (Å²) in [4.78, 5) is 10.8. The van der Waals surface area contributed by atoms with Crippen LogP contribution in [0.4, 0.5) is 0 Å². The van der Waals surface area contributed by atoms with Gasteiger partial charge in [-0.3, -0.25) is 10.2 Å². The molecule has 1 aliphatic heterocycles. The molecule has 0 bridgehead atoms. The van der Waals surface area contributed by atoms with E-state index in [0.29, 0.717) is 12.8 Å². The van der Waals surface area contributed by atoms with Crippen molar-refractivity contribution in [2.45, 2.75) is 24.5 Å². The Morgan fingerprint density at radius 1 is 1.58 bits per heavy atom. The van der Waals surface area contributed by atoms with E-state index in [-0.39, 0.29) is 12.2 Å². The molecule has 1 unspecified atom stereocenters. The van der Waals surface area contributed by atoms with E-state index in [4.69, 9.17) is 5.84 Å². The Kier molecular flexibility index (Phi) is 2.69. The second-order valence-electron chi connectivity index (χ2n) is 2.90. The highest BCUT2D eigenvalue weighted by atomic mass is 32.2. The van der Waals surface area contributed by atoms with E-state index in [0.717, 1.165) is 0 Å². The topological polar surface area (TPSA) is 89.3 Å². The molecule has 1 rings (SSSR count). The van der Waals surface area contributed by atoms with Crippen molar-refractivity contribution in [1.29, 1.82) is 0 Å². The van der Waals surface area contributed by atoms with Crippen molar-refractivity contribution in [3.63, 3.8) is 0 Å². The molecule has 0 aromatic carbocycles. The first-order valence-electron chi connectivity index (χ1n) is 3.77. The van der Waals surface area contributed by atoms with E-state index >= 15 is 0 Å². The molecule has 1 atom stereocenters. The number of nitrogens with two attached hydrogens (primary N) is 1. The van der Waals surface area contributed by atoms with Crippen molar-refractivity contribution < 1.29 is 13.2 Å². The summed E-state index contributed by atoms with van der Waals surface area (Å²) >= 11 is 0. The summed E-state index contributed by atoms with van der Waals surface area (Å²) in [5.74, 6) is 4.64. The molecule has 0 saturated carbocycles. The summed E-state index contributed by atoms with van der Waals surface area (Å²) < 4.78 is 22.4. The number of amides is 1. The van der Waals surface area contributed by atoms with Gasteiger partial charge in [-0.15, -0.1) is 0 Å². The van der Waals surface area contributed by atoms with Gasteiger partial charge in [0.15, 0.2) is 9.84 Å². The van der Waals surface area contributed by atoms with Gasteiger partial charge < -0.3 is 0 Å². The van der Waals surface area contributed by atoms with Crippen molar-refractivity contribution in [3.8, 4) is 0 Å². The number of hydrazine groups is 1. The average molecular weight is 192 g/mol. The van der Waals surface area contributed by atoms with Crippen LogP contribution in [-0.4, -0.2) is 25.3 Å². The molecule has 12 heavy (non-hydrogen) atoms. The number of carbonyl (C=O) groups is 1. The zero-order valence-electron chi connectivity index (χ0n) is 6.62. The molecule has 1 aliphatic rings. The van der Waals surface area contributed by atoms with E-state index in [1.807, 2.05) is 5.43 Å². The van der Waals surface area contributed by atoms with E-state index in [1.54, 1.807) is 0 Å². The second-order valence-corrected chi connectivity index (χ2v) is 5.30. The molecule has 1 amide bonds. The Morgan fingerprint density at radius 3 is 2.67 bits per heavy atom. The summed E-state index contributed by atoms with van der Waals surface area (Å²) in [5.41, 5.74) is 1.93. The molecule has 0 aromatic heterocycles. The zero-order chi connectivity index (χ0) is 9.19. The van der Waals surface area contributed by atoms with Gasteiger partial charge in [0.2, 0.25) is 5.91 Å². The fraction of sp³-hybridized carbons (Fsp3) is 0.833. The van der Waals surface area contributed by atoms with Gasteiger partial charge in [-0.25, -0.2) is 14.3 Å². The molecule has 1 fully saturated rings. The van der Waals surface area contributed by atoms with Gasteiger partial charge in [0.25, 0.3) is 0 Å². The molecule has 6 heteroatoms. The highest BCUT2D eigenvalue weighted by Gasteiger charge is 2.32. The van der Waals surface area contributed by atoms with Crippen LogP contribution in [-0.2, 0) is 14.6 Å². The van der Waals surface area contributed by atoms with E-state index in [2.05, 4.69) is 0 Å². The predicted molar refractivity (Wildman–Crippen MR) is 43.8 cm³/mol. The number of carbonyl (C=O) groups excluding carboxylic acids is 1. The van der Waals surface area contributed by atoms with E-state index in [1.165, 1.54) is 0 Å². The third-order valence-corrected chi connectivity index (χ3v) is 4.31. The number of sulfone groups is 1. The van der Waals surface area contributed by atoms with E-state index in [9.17, 15) is 13.2 Å². The summed E-state index contributed by atoms with van der Waals surface area (Å²) in [6.07, 6.45) is 1.24. The standard InChI is InChI=1S/C6H12N2O3S/c7-8-6(9)4-5-2-1-3-12(5,10)11/h5H,1-4,7H2,(H,8,9). The predicted octanol–water partition coefficient (Wildman–Crippen LogP) is -1.06. The summed E-state index contributed by atoms with van der Waals surface area (Å²) in [7, 11) is -3.01. The lowest BCUT2D eigenvalue weighted by atomic mass is 10.2. The van der Waals surface area contributed by atoms with Crippen LogP contribution in [0.3, 0.4) is 0 Å². The Labute approximate surface area is 71.2 Å². The third kappa shape index (κ3) is 1.95. The average Bonchev–Trinajstić information content (AvgIpc) is 2.31. The SMILES string of the molecule is NNC(=O)CC1CCCS1(=O)=O. The fourth-order valence-corrected chi connectivity index (χ4v) is 3.19. The Bertz CT molecular complexity index is 273. The second kappa shape index (κ2) is 3.40. The van der Waals surface area contributed by atoms with Crippen LogP contribution >= 0.6 is 0 Å². The maximum absolute atomic E-state index is 11.2. The molecule has 1 heterocycles. The molecule has 0 radical (unpaired) electrons. The van der Waals surface area contributed by atoms with E-state index < -0.39 is 21.0 Å². The van der Waals surface area contributed by atoms with Crippen molar-refractivity contribution in [2.24, 2.45) is 5.84 Å². The minimum absolute atomic E-state index is 0.00116. The smallest absolute Gasteiger partial charge is 0.235 e. The molecule has 0 spiro atoms. The molecule has 1 saturated heterocycles. The highest BCUT2D eigenvalue weighted by Crippen LogP contribution is 2.22. The fourth-order valence-electron chi connectivity index (χ4n) is 1.35.